The van der Waals surface area contributed by atoms with E-state index in [1.807, 2.05) is 0 Å². The molecule has 4 rings (SSSR count). The monoisotopic (exact) mass is 466 g/mol. The quantitative estimate of drug-likeness (QED) is 0.360. The van der Waals surface area contributed by atoms with Crippen LogP contribution in [0.2, 0.25) is 0 Å². The van der Waals surface area contributed by atoms with Crippen molar-refractivity contribution in [3.63, 3.8) is 0 Å². The van der Waals surface area contributed by atoms with E-state index in [4.69, 9.17) is 9.47 Å². The van der Waals surface area contributed by atoms with Gasteiger partial charge in [-0.2, -0.15) is 0 Å². The second-order valence-corrected chi connectivity index (χ2v) is 7.56. The van der Waals surface area contributed by atoms with Crippen molar-refractivity contribution < 1.29 is 23.5 Å². The van der Waals surface area contributed by atoms with Gasteiger partial charge in [-0.25, -0.2) is 4.39 Å². The standard InChI is InChI=1S/C24H16BrFO4/c1-29-21-11-15(10-19-23(27)17-7-2-3-8-18(17)24(19)28)20(25)12-22(21)30-13-14-5-4-6-16(26)9-14/h2-12H,13H2,1H3. The second-order valence-electron chi connectivity index (χ2n) is 6.71. The zero-order chi connectivity index (χ0) is 21.3. The molecule has 0 saturated heterocycles. The number of fused-ring (bicyclic) bond motifs is 1. The third kappa shape index (κ3) is 3.78. The Morgan fingerprint density at radius 2 is 1.63 bits per heavy atom. The summed E-state index contributed by atoms with van der Waals surface area (Å²) in [5.41, 5.74) is 2.21. The van der Waals surface area contributed by atoms with Gasteiger partial charge in [0.25, 0.3) is 0 Å². The van der Waals surface area contributed by atoms with E-state index in [9.17, 15) is 14.0 Å². The topological polar surface area (TPSA) is 52.6 Å². The van der Waals surface area contributed by atoms with Crippen molar-refractivity contribution in [1.82, 2.24) is 0 Å². The molecule has 0 N–H and O–H groups in total. The van der Waals surface area contributed by atoms with Gasteiger partial charge in [-0.05, 0) is 41.5 Å². The Kier molecular flexibility index (Phi) is 5.50. The number of benzene rings is 3. The minimum atomic E-state index is -0.335. The van der Waals surface area contributed by atoms with Crippen molar-refractivity contribution in [2.24, 2.45) is 0 Å². The van der Waals surface area contributed by atoms with E-state index < -0.39 is 0 Å². The Morgan fingerprint density at radius 1 is 0.933 bits per heavy atom. The molecule has 1 aliphatic carbocycles. The Balaban J connectivity index is 1.64. The number of hydrogen-bond acceptors (Lipinski definition) is 4. The van der Waals surface area contributed by atoms with Crippen molar-refractivity contribution in [2.75, 3.05) is 7.11 Å². The number of allylic oxidation sites excluding steroid dienone is 1. The highest BCUT2D eigenvalue weighted by Crippen LogP contribution is 2.36. The van der Waals surface area contributed by atoms with Crippen molar-refractivity contribution in [3.05, 3.63) is 98.8 Å². The minimum absolute atomic E-state index is 0.104. The molecule has 3 aromatic rings. The Hall–Kier alpha value is -3.25. The average molecular weight is 467 g/mol. The molecule has 0 radical (unpaired) electrons. The summed E-state index contributed by atoms with van der Waals surface area (Å²) >= 11 is 3.47. The summed E-state index contributed by atoms with van der Waals surface area (Å²) in [5.74, 6) is -0.0566. The molecule has 1 aliphatic rings. The fraction of sp³-hybridized carbons (Fsp3) is 0.0833. The molecular weight excluding hydrogens is 451 g/mol. The van der Waals surface area contributed by atoms with Crippen LogP contribution >= 0.6 is 15.9 Å². The van der Waals surface area contributed by atoms with Crippen LogP contribution in [0.1, 0.15) is 31.8 Å². The van der Waals surface area contributed by atoms with Gasteiger partial charge >= 0.3 is 0 Å². The highest BCUT2D eigenvalue weighted by molar-refractivity contribution is 9.10. The lowest BCUT2D eigenvalue weighted by molar-refractivity contribution is 0.0990. The molecular formula is C24H16BrFO4. The van der Waals surface area contributed by atoms with Crippen LogP contribution in [-0.4, -0.2) is 18.7 Å². The summed E-state index contributed by atoms with van der Waals surface area (Å²) in [6.07, 6.45) is 1.55. The van der Waals surface area contributed by atoms with Gasteiger partial charge in [-0.3, -0.25) is 9.59 Å². The molecule has 0 fully saturated rings. The molecule has 6 heteroatoms. The molecule has 0 spiro atoms. The molecule has 0 amide bonds. The van der Waals surface area contributed by atoms with E-state index in [0.29, 0.717) is 38.2 Å². The molecule has 0 atom stereocenters. The molecule has 3 aromatic carbocycles. The number of methoxy groups -OCH3 is 1. The zero-order valence-corrected chi connectivity index (χ0v) is 17.5. The third-order valence-electron chi connectivity index (χ3n) is 4.77. The molecule has 0 bridgehead atoms. The highest BCUT2D eigenvalue weighted by Gasteiger charge is 2.32. The number of rotatable bonds is 5. The normalized spacial score (nSPS) is 12.7. The predicted molar refractivity (Wildman–Crippen MR) is 115 cm³/mol. The Bertz CT molecular complexity index is 1160. The van der Waals surface area contributed by atoms with Crippen LogP contribution in [0.25, 0.3) is 6.08 Å². The van der Waals surface area contributed by atoms with E-state index in [1.165, 1.54) is 19.2 Å². The lowest BCUT2D eigenvalue weighted by atomic mass is 10.1. The number of carbonyl (C=O) groups excluding carboxylic acids is 2. The largest absolute Gasteiger partial charge is 0.493 e. The molecule has 4 nitrogen and oxygen atoms in total. The van der Waals surface area contributed by atoms with Gasteiger partial charge in [-0.15, -0.1) is 0 Å². The first kappa shape index (κ1) is 20.0. The van der Waals surface area contributed by atoms with Crippen LogP contribution in [-0.2, 0) is 6.61 Å². The highest BCUT2D eigenvalue weighted by atomic mass is 79.9. The van der Waals surface area contributed by atoms with Crippen LogP contribution in [0.3, 0.4) is 0 Å². The lowest BCUT2D eigenvalue weighted by Crippen LogP contribution is -2.01. The van der Waals surface area contributed by atoms with Gasteiger partial charge in [0.2, 0.25) is 0 Å². The van der Waals surface area contributed by atoms with E-state index in [1.54, 1.807) is 54.6 Å². The van der Waals surface area contributed by atoms with Crippen molar-refractivity contribution in [1.29, 1.82) is 0 Å². The summed E-state index contributed by atoms with van der Waals surface area (Å²) < 4.78 is 25.2. The van der Waals surface area contributed by atoms with Crippen LogP contribution in [0, 0.1) is 5.82 Å². The number of ketones is 2. The van der Waals surface area contributed by atoms with E-state index in [-0.39, 0.29) is 29.6 Å². The zero-order valence-electron chi connectivity index (χ0n) is 15.9. The average Bonchev–Trinajstić information content (AvgIpc) is 2.99. The summed E-state index contributed by atoms with van der Waals surface area (Å²) in [5, 5.41) is 0. The maximum absolute atomic E-state index is 13.4. The molecule has 0 unspecified atom stereocenters. The smallest absolute Gasteiger partial charge is 0.197 e. The van der Waals surface area contributed by atoms with Crippen LogP contribution in [0.5, 0.6) is 11.5 Å². The lowest BCUT2D eigenvalue weighted by Gasteiger charge is -2.13. The van der Waals surface area contributed by atoms with Gasteiger partial charge in [-0.1, -0.05) is 52.3 Å². The van der Waals surface area contributed by atoms with Crippen LogP contribution in [0.15, 0.2) is 70.7 Å². The Morgan fingerprint density at radius 3 is 2.27 bits per heavy atom. The van der Waals surface area contributed by atoms with E-state index >= 15 is 0 Å². The van der Waals surface area contributed by atoms with Crippen molar-refractivity contribution >= 4 is 33.6 Å². The molecule has 0 aromatic heterocycles. The van der Waals surface area contributed by atoms with Gasteiger partial charge in [0.1, 0.15) is 12.4 Å². The summed E-state index contributed by atoms with van der Waals surface area (Å²) in [7, 11) is 1.50. The van der Waals surface area contributed by atoms with Crippen molar-refractivity contribution in [3.8, 4) is 11.5 Å². The maximum atomic E-state index is 13.4. The van der Waals surface area contributed by atoms with Gasteiger partial charge in [0, 0.05) is 15.6 Å². The number of ether oxygens (including phenoxy) is 2. The molecule has 0 heterocycles. The summed E-state index contributed by atoms with van der Waals surface area (Å²) in [6.45, 7) is 0.160. The first-order valence-electron chi connectivity index (χ1n) is 9.13. The van der Waals surface area contributed by atoms with E-state index in [0.717, 1.165) is 0 Å². The summed E-state index contributed by atoms with van der Waals surface area (Å²) in [6, 6.07) is 16.3. The fourth-order valence-electron chi connectivity index (χ4n) is 3.28. The first-order valence-corrected chi connectivity index (χ1v) is 9.92. The Labute approximate surface area is 181 Å². The van der Waals surface area contributed by atoms with Gasteiger partial charge in [0.05, 0.1) is 12.7 Å². The maximum Gasteiger partial charge on any atom is 0.197 e. The first-order chi connectivity index (χ1) is 14.5. The predicted octanol–water partition coefficient (Wildman–Crippen LogP) is 5.64. The number of halogens is 2. The van der Waals surface area contributed by atoms with Crippen LogP contribution < -0.4 is 9.47 Å². The van der Waals surface area contributed by atoms with Crippen molar-refractivity contribution in [2.45, 2.75) is 6.61 Å². The molecule has 150 valence electrons. The van der Waals surface area contributed by atoms with Gasteiger partial charge in [0.15, 0.2) is 23.1 Å². The minimum Gasteiger partial charge on any atom is -0.493 e. The molecule has 30 heavy (non-hydrogen) atoms. The van der Waals surface area contributed by atoms with Gasteiger partial charge < -0.3 is 9.47 Å². The third-order valence-corrected chi connectivity index (χ3v) is 5.46. The molecule has 0 aliphatic heterocycles. The number of Topliss-reactive ketones (excluding diaryl/α,β-unsaturated/α-hetero) is 2. The number of carbonyl (C=O) groups is 2. The molecule has 0 saturated carbocycles. The van der Waals surface area contributed by atoms with E-state index in [2.05, 4.69) is 15.9 Å². The number of hydrogen-bond donors (Lipinski definition) is 0. The fourth-order valence-corrected chi connectivity index (χ4v) is 3.72. The summed E-state index contributed by atoms with van der Waals surface area (Å²) in [4.78, 5) is 25.3. The second kappa shape index (κ2) is 8.24. The SMILES string of the molecule is COc1cc(C=C2C(=O)c3ccccc3C2=O)c(Br)cc1OCc1cccc(F)c1. The van der Waals surface area contributed by atoms with Crippen LogP contribution in [0.4, 0.5) is 4.39 Å².